The van der Waals surface area contributed by atoms with E-state index in [1.165, 1.54) is 17.7 Å². The van der Waals surface area contributed by atoms with E-state index in [0.717, 1.165) is 37.3 Å². The van der Waals surface area contributed by atoms with Crippen molar-refractivity contribution in [2.45, 2.75) is 25.6 Å². The van der Waals surface area contributed by atoms with E-state index in [2.05, 4.69) is 29.2 Å². The predicted octanol–water partition coefficient (Wildman–Crippen LogP) is 4.67. The van der Waals surface area contributed by atoms with Crippen molar-refractivity contribution in [2.75, 3.05) is 18.0 Å². The highest BCUT2D eigenvalue weighted by Gasteiger charge is 2.30. The van der Waals surface area contributed by atoms with Gasteiger partial charge in [-0.25, -0.2) is 0 Å². The molecule has 0 aliphatic carbocycles. The lowest BCUT2D eigenvalue weighted by Gasteiger charge is -2.19. The molecule has 0 saturated carbocycles. The number of benzene rings is 2. The molecule has 0 spiro atoms. The monoisotopic (exact) mass is 321 g/mol. The SMILES string of the molecule is Cc1ccc(N2CC[C@H](Oc3ccc(C(F)(F)F)cc3)C2)cc1. The average molecular weight is 321 g/mol. The van der Waals surface area contributed by atoms with E-state index in [-0.39, 0.29) is 6.10 Å². The molecule has 1 saturated heterocycles. The van der Waals surface area contributed by atoms with Gasteiger partial charge in [0.15, 0.2) is 0 Å². The number of rotatable bonds is 3. The standard InChI is InChI=1S/C18H18F3NO/c1-13-2-6-15(7-3-13)22-11-10-17(12-22)23-16-8-4-14(5-9-16)18(19,20)21/h2-9,17H,10-12H2,1H3/t17-/m0/s1. The summed E-state index contributed by atoms with van der Waals surface area (Å²) in [5, 5.41) is 0. The molecule has 0 unspecified atom stereocenters. The molecular formula is C18H18F3NO. The summed E-state index contributed by atoms with van der Waals surface area (Å²) in [5.74, 6) is 0.480. The highest BCUT2D eigenvalue weighted by atomic mass is 19.4. The molecule has 3 rings (SSSR count). The Balaban J connectivity index is 1.60. The molecule has 2 aromatic carbocycles. The van der Waals surface area contributed by atoms with E-state index < -0.39 is 11.7 Å². The molecule has 2 nitrogen and oxygen atoms in total. The van der Waals surface area contributed by atoms with Crippen LogP contribution < -0.4 is 9.64 Å². The van der Waals surface area contributed by atoms with E-state index in [0.29, 0.717) is 5.75 Å². The first-order chi connectivity index (χ1) is 10.9. The van der Waals surface area contributed by atoms with Gasteiger partial charge in [-0.05, 0) is 43.3 Å². The Kier molecular flexibility index (Phi) is 4.20. The van der Waals surface area contributed by atoms with Crippen LogP contribution in [0.15, 0.2) is 48.5 Å². The maximum atomic E-state index is 12.5. The van der Waals surface area contributed by atoms with Gasteiger partial charge in [-0.3, -0.25) is 0 Å². The highest BCUT2D eigenvalue weighted by molar-refractivity contribution is 5.48. The van der Waals surface area contributed by atoms with Crippen LogP contribution >= 0.6 is 0 Å². The number of halogens is 3. The Morgan fingerprint density at radius 2 is 1.65 bits per heavy atom. The zero-order valence-electron chi connectivity index (χ0n) is 12.8. The van der Waals surface area contributed by atoms with Crippen molar-refractivity contribution >= 4 is 5.69 Å². The molecule has 1 atom stereocenters. The highest BCUT2D eigenvalue weighted by Crippen LogP contribution is 2.31. The minimum atomic E-state index is -4.31. The molecule has 0 bridgehead atoms. The number of aryl methyl sites for hydroxylation is 1. The molecule has 1 aliphatic rings. The summed E-state index contributed by atoms with van der Waals surface area (Å²) >= 11 is 0. The lowest BCUT2D eigenvalue weighted by atomic mass is 10.2. The second kappa shape index (κ2) is 6.14. The molecule has 1 aliphatic heterocycles. The fraction of sp³-hybridized carbons (Fsp3) is 0.333. The van der Waals surface area contributed by atoms with Gasteiger partial charge in [0.25, 0.3) is 0 Å². The average Bonchev–Trinajstić information content (AvgIpc) is 2.96. The Morgan fingerprint density at radius 1 is 1.00 bits per heavy atom. The summed E-state index contributed by atoms with van der Waals surface area (Å²) in [5.41, 5.74) is 1.71. The molecule has 0 amide bonds. The number of nitrogens with zero attached hydrogens (tertiary/aromatic N) is 1. The van der Waals surface area contributed by atoms with Gasteiger partial charge < -0.3 is 9.64 Å². The van der Waals surface area contributed by atoms with Gasteiger partial charge in [0.2, 0.25) is 0 Å². The Labute approximate surface area is 133 Å². The van der Waals surface area contributed by atoms with Gasteiger partial charge in [0.05, 0.1) is 12.1 Å². The maximum Gasteiger partial charge on any atom is 0.416 e. The van der Waals surface area contributed by atoms with E-state index in [1.54, 1.807) is 0 Å². The van der Waals surface area contributed by atoms with Crippen LogP contribution in [0.1, 0.15) is 17.5 Å². The maximum absolute atomic E-state index is 12.5. The molecule has 2 aromatic rings. The van der Waals surface area contributed by atoms with Crippen molar-refractivity contribution in [1.29, 1.82) is 0 Å². The third kappa shape index (κ3) is 3.78. The van der Waals surface area contributed by atoms with Crippen LogP contribution in [0.5, 0.6) is 5.75 Å². The Morgan fingerprint density at radius 3 is 2.26 bits per heavy atom. The minimum Gasteiger partial charge on any atom is -0.489 e. The predicted molar refractivity (Wildman–Crippen MR) is 83.9 cm³/mol. The third-order valence-corrected chi connectivity index (χ3v) is 4.03. The summed E-state index contributed by atoms with van der Waals surface area (Å²) < 4.78 is 43.4. The minimum absolute atomic E-state index is 0.00644. The number of hydrogen-bond donors (Lipinski definition) is 0. The van der Waals surface area contributed by atoms with E-state index in [4.69, 9.17) is 4.74 Å². The number of hydrogen-bond acceptors (Lipinski definition) is 2. The first-order valence-corrected chi connectivity index (χ1v) is 7.57. The molecule has 0 N–H and O–H groups in total. The lowest BCUT2D eigenvalue weighted by Crippen LogP contribution is -2.24. The van der Waals surface area contributed by atoms with Crippen molar-refractivity contribution < 1.29 is 17.9 Å². The van der Waals surface area contributed by atoms with Crippen molar-refractivity contribution in [3.63, 3.8) is 0 Å². The van der Waals surface area contributed by atoms with E-state index in [1.807, 2.05) is 6.92 Å². The fourth-order valence-corrected chi connectivity index (χ4v) is 2.73. The second-order valence-corrected chi connectivity index (χ2v) is 5.83. The zero-order chi connectivity index (χ0) is 16.4. The van der Waals surface area contributed by atoms with Gasteiger partial charge in [0.1, 0.15) is 11.9 Å². The van der Waals surface area contributed by atoms with Crippen LogP contribution in [-0.2, 0) is 6.18 Å². The number of alkyl halides is 3. The van der Waals surface area contributed by atoms with Crippen LogP contribution in [0.3, 0.4) is 0 Å². The molecular weight excluding hydrogens is 303 g/mol. The van der Waals surface area contributed by atoms with Crippen molar-refractivity contribution in [3.8, 4) is 5.75 Å². The normalized spacial score (nSPS) is 18.3. The van der Waals surface area contributed by atoms with Gasteiger partial charge in [-0.15, -0.1) is 0 Å². The van der Waals surface area contributed by atoms with Crippen molar-refractivity contribution in [2.24, 2.45) is 0 Å². The molecule has 1 fully saturated rings. The topological polar surface area (TPSA) is 12.5 Å². The molecule has 23 heavy (non-hydrogen) atoms. The van der Waals surface area contributed by atoms with Crippen LogP contribution in [0, 0.1) is 6.92 Å². The first-order valence-electron chi connectivity index (χ1n) is 7.57. The van der Waals surface area contributed by atoms with Crippen LogP contribution in [0.4, 0.5) is 18.9 Å². The summed E-state index contributed by atoms with van der Waals surface area (Å²) in [6.07, 6.45) is -3.46. The van der Waals surface area contributed by atoms with E-state index >= 15 is 0 Å². The molecule has 1 heterocycles. The Hall–Kier alpha value is -2.17. The molecule has 0 aromatic heterocycles. The molecule has 5 heteroatoms. The summed E-state index contributed by atoms with van der Waals surface area (Å²) in [4.78, 5) is 2.23. The van der Waals surface area contributed by atoms with Gasteiger partial charge >= 0.3 is 6.18 Å². The molecule has 122 valence electrons. The Bertz CT molecular complexity index is 649. The fourth-order valence-electron chi connectivity index (χ4n) is 2.73. The van der Waals surface area contributed by atoms with Crippen LogP contribution in [0.2, 0.25) is 0 Å². The summed E-state index contributed by atoms with van der Waals surface area (Å²) in [7, 11) is 0. The number of ether oxygens (including phenoxy) is 1. The van der Waals surface area contributed by atoms with E-state index in [9.17, 15) is 13.2 Å². The quantitative estimate of drug-likeness (QED) is 0.814. The largest absolute Gasteiger partial charge is 0.489 e. The summed E-state index contributed by atoms with van der Waals surface area (Å²) in [6.45, 7) is 3.67. The number of anilines is 1. The third-order valence-electron chi connectivity index (χ3n) is 4.03. The van der Waals surface area contributed by atoms with Crippen molar-refractivity contribution in [1.82, 2.24) is 0 Å². The first kappa shape index (κ1) is 15.7. The van der Waals surface area contributed by atoms with Crippen LogP contribution in [-0.4, -0.2) is 19.2 Å². The van der Waals surface area contributed by atoms with Crippen molar-refractivity contribution in [3.05, 3.63) is 59.7 Å². The van der Waals surface area contributed by atoms with Gasteiger partial charge in [-0.2, -0.15) is 13.2 Å². The van der Waals surface area contributed by atoms with Gasteiger partial charge in [-0.1, -0.05) is 17.7 Å². The second-order valence-electron chi connectivity index (χ2n) is 5.83. The molecule has 0 radical (unpaired) electrons. The smallest absolute Gasteiger partial charge is 0.416 e. The zero-order valence-corrected chi connectivity index (χ0v) is 12.8. The van der Waals surface area contributed by atoms with Gasteiger partial charge in [0, 0.05) is 18.7 Å². The summed E-state index contributed by atoms with van der Waals surface area (Å²) in [6, 6.07) is 13.2. The van der Waals surface area contributed by atoms with Crippen LogP contribution in [0.25, 0.3) is 0 Å². The lowest BCUT2D eigenvalue weighted by molar-refractivity contribution is -0.137.